The zero-order valence-electron chi connectivity index (χ0n) is 19.9. The summed E-state index contributed by atoms with van der Waals surface area (Å²) in [5.41, 5.74) is 5.70. The van der Waals surface area contributed by atoms with E-state index in [0.717, 1.165) is 6.42 Å². The monoisotopic (exact) mass is 579 g/mol. The van der Waals surface area contributed by atoms with Crippen molar-refractivity contribution >= 4 is 56.9 Å². The summed E-state index contributed by atoms with van der Waals surface area (Å²) in [5, 5.41) is 2.71. The normalized spacial score (nSPS) is 14.7. The van der Waals surface area contributed by atoms with Gasteiger partial charge in [0.25, 0.3) is 0 Å². The quantitative estimate of drug-likeness (QED) is 0.219. The molecule has 0 amide bonds. The van der Waals surface area contributed by atoms with Gasteiger partial charge in [0.15, 0.2) is 8.32 Å². The fourth-order valence-electron chi connectivity index (χ4n) is 4.34. The summed E-state index contributed by atoms with van der Waals surface area (Å²) >= 11 is 1.36. The summed E-state index contributed by atoms with van der Waals surface area (Å²) in [5.74, 6) is 0.346. The molecule has 0 aromatic heterocycles. The fraction of sp³-hybridized carbons (Fsp3) is 0.269. The van der Waals surface area contributed by atoms with Gasteiger partial charge >= 0.3 is 30.2 Å². The Morgan fingerprint density at radius 3 is 2.22 bits per heavy atom. The molecular weight excluding hydrogens is 547 g/mol. The van der Waals surface area contributed by atoms with Crippen LogP contribution in [0.4, 0.5) is 0 Å². The molecule has 0 spiro atoms. The van der Waals surface area contributed by atoms with Crippen LogP contribution in [-0.2, 0) is 27.8 Å². The SMILES string of the molecule is CC(CC1=Cc2ccccc2C1[c-]1ccc2ccccc21)O[Si](C)(C)C.Cl.Cl.[CH3-].[CH3-].[Si]=[Zr]. The third-order valence-corrected chi connectivity index (χ3v) is 6.23. The number of halogens is 2. The van der Waals surface area contributed by atoms with Crippen LogP contribution in [0.15, 0.2) is 66.2 Å². The van der Waals surface area contributed by atoms with E-state index in [-0.39, 0.29) is 45.8 Å². The third-order valence-electron chi connectivity index (χ3n) is 5.12. The van der Waals surface area contributed by atoms with Gasteiger partial charge in [-0.05, 0) is 50.0 Å². The minimum atomic E-state index is -1.53. The molecule has 6 heteroatoms. The molecule has 0 saturated heterocycles. The second-order valence-corrected chi connectivity index (χ2v) is 12.9. The third kappa shape index (κ3) is 7.86. The summed E-state index contributed by atoms with van der Waals surface area (Å²) in [4.78, 5) is 0. The van der Waals surface area contributed by atoms with Gasteiger partial charge in [-0.2, -0.15) is 6.07 Å². The molecule has 0 saturated carbocycles. The standard InChI is InChI=1S/C24H27OSi.2CH3.2ClH.Si.Zr/c1-17(25-26(2,3)4)15-20-16-19-10-6-8-12-22(19)24(20)23-14-13-18-9-5-7-11-21(18)23;;;;;;/h5-14,16-17,24H,15H2,1-4H3;2*1H3;2*1H;;/q3*-1;;;;. The first-order valence-electron chi connectivity index (χ1n) is 9.79. The maximum atomic E-state index is 6.35. The molecule has 2 radical (unpaired) electrons. The van der Waals surface area contributed by atoms with E-state index in [1.807, 2.05) is 0 Å². The molecule has 0 bridgehead atoms. The number of hydrogen-bond acceptors (Lipinski definition) is 1. The van der Waals surface area contributed by atoms with Gasteiger partial charge in [0.1, 0.15) is 0 Å². The Hall–Kier alpha value is -0.353. The van der Waals surface area contributed by atoms with Crippen LogP contribution in [0.2, 0.25) is 19.6 Å². The van der Waals surface area contributed by atoms with E-state index in [2.05, 4.69) is 100 Å². The van der Waals surface area contributed by atoms with Crippen molar-refractivity contribution in [2.75, 3.05) is 0 Å². The van der Waals surface area contributed by atoms with Gasteiger partial charge in [-0.3, -0.25) is 0 Å². The molecule has 3 aromatic rings. The predicted octanol–water partition coefficient (Wildman–Crippen LogP) is 8.08. The van der Waals surface area contributed by atoms with Crippen LogP contribution >= 0.6 is 24.8 Å². The van der Waals surface area contributed by atoms with Gasteiger partial charge < -0.3 is 19.3 Å². The molecular formula is C26H35Cl2OSi2Zr-3. The summed E-state index contributed by atoms with van der Waals surface area (Å²) in [7, 11) is -1.53. The zero-order valence-corrected chi connectivity index (χ0v) is 26.0. The molecule has 3 aromatic carbocycles. The number of hydrogen-bond donors (Lipinski definition) is 0. The van der Waals surface area contributed by atoms with Crippen molar-refractivity contribution in [2.24, 2.45) is 0 Å². The molecule has 2 atom stereocenters. The van der Waals surface area contributed by atoms with E-state index in [1.165, 1.54) is 56.4 Å². The number of rotatable bonds is 5. The fourth-order valence-corrected chi connectivity index (χ4v) is 5.63. The van der Waals surface area contributed by atoms with E-state index in [9.17, 15) is 0 Å². The molecule has 0 fully saturated rings. The van der Waals surface area contributed by atoms with Crippen molar-refractivity contribution in [1.29, 1.82) is 0 Å². The number of benzene rings is 2. The van der Waals surface area contributed by atoms with Gasteiger partial charge in [-0.15, -0.1) is 65.4 Å². The first-order valence-corrected chi connectivity index (χ1v) is 17.4. The van der Waals surface area contributed by atoms with Crippen LogP contribution in [0.1, 0.15) is 36.0 Å². The van der Waals surface area contributed by atoms with Gasteiger partial charge in [0, 0.05) is 6.10 Å². The average Bonchev–Trinajstić information content (AvgIpc) is 3.22. The molecule has 1 aliphatic carbocycles. The van der Waals surface area contributed by atoms with E-state index < -0.39 is 8.32 Å². The molecule has 4 rings (SSSR count). The topological polar surface area (TPSA) is 9.23 Å². The number of fused-ring (bicyclic) bond motifs is 2. The Bertz CT molecular complexity index is 995. The first kappa shape index (κ1) is 33.8. The van der Waals surface area contributed by atoms with Crippen LogP contribution in [-0.4, -0.2) is 21.3 Å². The van der Waals surface area contributed by atoms with Crippen LogP contribution in [0.3, 0.4) is 0 Å². The van der Waals surface area contributed by atoms with Crippen LogP contribution < -0.4 is 0 Å². The second kappa shape index (κ2) is 14.8. The van der Waals surface area contributed by atoms with Crippen molar-refractivity contribution in [3.05, 3.63) is 97.8 Å². The van der Waals surface area contributed by atoms with Crippen LogP contribution in [0.5, 0.6) is 0 Å². The van der Waals surface area contributed by atoms with E-state index in [0.29, 0.717) is 5.92 Å². The van der Waals surface area contributed by atoms with Crippen molar-refractivity contribution in [1.82, 2.24) is 0 Å². The minimum absolute atomic E-state index is 0. The summed E-state index contributed by atoms with van der Waals surface area (Å²) in [6.45, 7) is 12.1. The Labute approximate surface area is 225 Å². The van der Waals surface area contributed by atoms with Crippen molar-refractivity contribution in [3.8, 4) is 0 Å². The van der Waals surface area contributed by atoms with Crippen LogP contribution in [0.25, 0.3) is 16.8 Å². The zero-order chi connectivity index (χ0) is 20.3. The molecule has 0 N–H and O–H groups in total. The Kier molecular flexibility index (Phi) is 15.7. The Morgan fingerprint density at radius 2 is 1.56 bits per heavy atom. The van der Waals surface area contributed by atoms with Crippen molar-refractivity contribution < 1.29 is 27.8 Å². The Balaban J connectivity index is 0. The van der Waals surface area contributed by atoms with Crippen LogP contribution in [0, 0.1) is 14.9 Å². The molecule has 174 valence electrons. The molecule has 0 heterocycles. The van der Waals surface area contributed by atoms with E-state index in [4.69, 9.17) is 4.43 Å². The maximum absolute atomic E-state index is 6.35. The molecule has 2 unspecified atom stereocenters. The molecule has 1 aliphatic rings. The average molecular weight is 582 g/mol. The summed E-state index contributed by atoms with van der Waals surface area (Å²) in [6.07, 6.45) is 3.64. The van der Waals surface area contributed by atoms with Gasteiger partial charge in [-0.25, -0.2) is 0 Å². The van der Waals surface area contributed by atoms with Gasteiger partial charge in [0.05, 0.1) is 0 Å². The molecule has 1 nitrogen and oxygen atoms in total. The summed E-state index contributed by atoms with van der Waals surface area (Å²) < 4.78 is 6.35. The van der Waals surface area contributed by atoms with E-state index in [1.54, 1.807) is 0 Å². The summed E-state index contributed by atoms with van der Waals surface area (Å²) in [6, 6.07) is 22.1. The van der Waals surface area contributed by atoms with Crippen molar-refractivity contribution in [2.45, 2.75) is 45.0 Å². The first-order chi connectivity index (χ1) is 13.4. The van der Waals surface area contributed by atoms with Gasteiger partial charge in [0.2, 0.25) is 0 Å². The predicted molar refractivity (Wildman–Crippen MR) is 147 cm³/mol. The van der Waals surface area contributed by atoms with Gasteiger partial charge in [-0.1, -0.05) is 42.0 Å². The Morgan fingerprint density at radius 1 is 0.969 bits per heavy atom. The van der Waals surface area contributed by atoms with Crippen molar-refractivity contribution in [3.63, 3.8) is 0 Å². The molecule has 32 heavy (non-hydrogen) atoms. The molecule has 0 aliphatic heterocycles. The second-order valence-electron chi connectivity index (χ2n) is 8.40. The van der Waals surface area contributed by atoms with E-state index >= 15 is 0 Å².